The largest absolute Gasteiger partial charge is 0.396 e. The highest BCUT2D eigenvalue weighted by atomic mass is 19.1. The van der Waals surface area contributed by atoms with Gasteiger partial charge in [0.15, 0.2) is 5.82 Å². The van der Waals surface area contributed by atoms with Crippen molar-refractivity contribution in [1.82, 2.24) is 20.2 Å². The van der Waals surface area contributed by atoms with E-state index in [1.807, 2.05) is 4.68 Å². The Morgan fingerprint density at radius 3 is 2.57 bits per heavy atom. The molecule has 1 aromatic carbocycles. The molecule has 3 rings (SSSR count). The molecule has 0 saturated heterocycles. The zero-order valence-corrected chi connectivity index (χ0v) is 12.3. The van der Waals surface area contributed by atoms with Crippen molar-refractivity contribution in [2.24, 2.45) is 11.8 Å². The number of hydrogen-bond acceptors (Lipinski definition) is 4. The molecule has 5 nitrogen and oxygen atoms in total. The average Bonchev–Trinajstić information content (AvgIpc) is 2.90. The maximum atomic E-state index is 13.7. The zero-order chi connectivity index (χ0) is 15.0. The summed E-state index contributed by atoms with van der Waals surface area (Å²) in [6.07, 6.45) is 3.35. The molecule has 0 amide bonds. The number of tetrazole rings is 1. The Bertz CT molecular complexity index is 629. The van der Waals surface area contributed by atoms with E-state index >= 15 is 0 Å². The lowest BCUT2D eigenvalue weighted by molar-refractivity contribution is 0.209. The number of halogens is 1. The average molecular weight is 289 g/mol. The number of anilines is 1. The van der Waals surface area contributed by atoms with Gasteiger partial charge in [-0.05, 0) is 59.7 Å². The molecule has 0 spiro atoms. The van der Waals surface area contributed by atoms with Crippen LogP contribution in [0.15, 0.2) is 18.2 Å². The second kappa shape index (κ2) is 5.42. The summed E-state index contributed by atoms with van der Waals surface area (Å²) in [7, 11) is 0. The molecule has 1 fully saturated rings. The fourth-order valence-electron chi connectivity index (χ4n) is 3.40. The topological polar surface area (TPSA) is 69.6 Å². The number of nitrogens with zero attached hydrogens (tertiary/aromatic N) is 4. The van der Waals surface area contributed by atoms with Crippen molar-refractivity contribution in [3.05, 3.63) is 24.0 Å². The quantitative estimate of drug-likeness (QED) is 0.863. The molecule has 2 N–H and O–H groups in total. The first-order chi connectivity index (χ1) is 10.0. The maximum absolute atomic E-state index is 13.7. The lowest BCUT2D eigenvalue weighted by Gasteiger charge is -2.31. The van der Waals surface area contributed by atoms with Crippen LogP contribution in [-0.2, 0) is 0 Å². The van der Waals surface area contributed by atoms with Crippen molar-refractivity contribution in [3.63, 3.8) is 0 Å². The molecule has 2 aromatic rings. The fourth-order valence-corrected chi connectivity index (χ4v) is 3.40. The van der Waals surface area contributed by atoms with Crippen LogP contribution >= 0.6 is 0 Å². The summed E-state index contributed by atoms with van der Waals surface area (Å²) in [6.45, 7) is 4.52. The van der Waals surface area contributed by atoms with Crippen molar-refractivity contribution < 1.29 is 4.39 Å². The van der Waals surface area contributed by atoms with Gasteiger partial charge < -0.3 is 5.73 Å². The molecule has 112 valence electrons. The van der Waals surface area contributed by atoms with E-state index in [0.717, 1.165) is 12.8 Å². The van der Waals surface area contributed by atoms with Crippen LogP contribution in [0.2, 0.25) is 0 Å². The normalized spacial score (nSPS) is 26.0. The number of nitrogens with two attached hydrogens (primary N) is 1. The lowest BCUT2D eigenvalue weighted by atomic mass is 9.80. The summed E-state index contributed by atoms with van der Waals surface area (Å²) in [5.74, 6) is 1.48. The van der Waals surface area contributed by atoms with Gasteiger partial charge in [-0.1, -0.05) is 13.8 Å². The van der Waals surface area contributed by atoms with Crippen molar-refractivity contribution in [2.75, 3.05) is 5.73 Å². The summed E-state index contributed by atoms with van der Waals surface area (Å²) in [5.41, 5.74) is 6.33. The van der Waals surface area contributed by atoms with Crippen LogP contribution in [0.3, 0.4) is 0 Å². The molecule has 1 heterocycles. The van der Waals surface area contributed by atoms with Crippen LogP contribution < -0.4 is 5.73 Å². The maximum Gasteiger partial charge on any atom is 0.182 e. The Labute approximate surface area is 123 Å². The number of benzene rings is 1. The van der Waals surface area contributed by atoms with Crippen molar-refractivity contribution >= 4 is 5.69 Å². The van der Waals surface area contributed by atoms with Crippen molar-refractivity contribution in [1.29, 1.82) is 0 Å². The van der Waals surface area contributed by atoms with Crippen LogP contribution in [0.4, 0.5) is 10.1 Å². The zero-order valence-electron chi connectivity index (χ0n) is 12.3. The van der Waals surface area contributed by atoms with Crippen LogP contribution in [0.1, 0.15) is 39.2 Å². The Hall–Kier alpha value is -1.98. The molecule has 1 saturated carbocycles. The van der Waals surface area contributed by atoms with Crippen LogP contribution in [0, 0.1) is 17.7 Å². The van der Waals surface area contributed by atoms with Crippen LogP contribution in [0.25, 0.3) is 11.4 Å². The van der Waals surface area contributed by atoms with E-state index in [2.05, 4.69) is 29.4 Å². The molecule has 0 bridgehead atoms. The first kappa shape index (κ1) is 14.0. The van der Waals surface area contributed by atoms with Gasteiger partial charge in [0.25, 0.3) is 0 Å². The highest BCUT2D eigenvalue weighted by molar-refractivity contribution is 5.59. The molecule has 1 aliphatic carbocycles. The van der Waals surface area contributed by atoms with Gasteiger partial charge in [0.1, 0.15) is 5.82 Å². The Kier molecular flexibility index (Phi) is 3.61. The predicted octanol–water partition coefficient (Wildman–Crippen LogP) is 3.06. The van der Waals surface area contributed by atoms with E-state index in [1.165, 1.54) is 12.5 Å². The summed E-state index contributed by atoms with van der Waals surface area (Å²) >= 11 is 0. The third-order valence-electron chi connectivity index (χ3n) is 4.25. The minimum absolute atomic E-state index is 0.137. The van der Waals surface area contributed by atoms with E-state index in [4.69, 9.17) is 5.73 Å². The molecular formula is C15H20FN5. The van der Waals surface area contributed by atoms with E-state index in [-0.39, 0.29) is 11.7 Å². The van der Waals surface area contributed by atoms with E-state index in [0.29, 0.717) is 23.2 Å². The van der Waals surface area contributed by atoms with E-state index in [1.54, 1.807) is 12.1 Å². The molecule has 0 aliphatic heterocycles. The van der Waals surface area contributed by atoms with Gasteiger partial charge in [-0.25, -0.2) is 9.07 Å². The first-order valence-corrected chi connectivity index (χ1v) is 7.38. The Morgan fingerprint density at radius 1 is 1.19 bits per heavy atom. The third-order valence-corrected chi connectivity index (χ3v) is 4.25. The first-order valence-electron chi connectivity index (χ1n) is 7.38. The van der Waals surface area contributed by atoms with Crippen LogP contribution in [0.5, 0.6) is 0 Å². The minimum Gasteiger partial charge on any atom is -0.396 e. The second-order valence-electron chi connectivity index (χ2n) is 6.25. The third kappa shape index (κ3) is 2.75. The molecule has 2 atom stereocenters. The molecule has 21 heavy (non-hydrogen) atoms. The molecule has 1 aliphatic rings. The summed E-state index contributed by atoms with van der Waals surface area (Å²) in [6, 6.07) is 4.98. The summed E-state index contributed by atoms with van der Waals surface area (Å²) in [5, 5.41) is 12.0. The smallest absolute Gasteiger partial charge is 0.182 e. The fraction of sp³-hybridized carbons (Fsp3) is 0.533. The second-order valence-corrected chi connectivity index (χ2v) is 6.25. The number of aromatic nitrogens is 4. The molecule has 1 aromatic heterocycles. The Morgan fingerprint density at radius 2 is 1.90 bits per heavy atom. The standard InChI is InChI=1S/C15H20FN5/c1-9-5-10(2)7-12(6-9)21-15(18-19-20-21)11-3-4-14(17)13(16)8-11/h3-4,8-10,12H,5-7,17H2,1-2H3. The number of hydrogen-bond donors (Lipinski definition) is 1. The highest BCUT2D eigenvalue weighted by Crippen LogP contribution is 2.37. The summed E-state index contributed by atoms with van der Waals surface area (Å²) in [4.78, 5) is 0. The van der Waals surface area contributed by atoms with E-state index < -0.39 is 5.82 Å². The minimum atomic E-state index is -0.438. The van der Waals surface area contributed by atoms with Gasteiger partial charge in [-0.15, -0.1) is 5.10 Å². The molecule has 2 unspecified atom stereocenters. The van der Waals surface area contributed by atoms with Gasteiger partial charge in [0.05, 0.1) is 11.7 Å². The molecular weight excluding hydrogens is 269 g/mol. The van der Waals surface area contributed by atoms with Crippen molar-refractivity contribution in [2.45, 2.75) is 39.2 Å². The number of nitrogen functional groups attached to an aromatic ring is 1. The van der Waals surface area contributed by atoms with Gasteiger partial charge in [0.2, 0.25) is 0 Å². The Balaban J connectivity index is 1.95. The molecule has 6 heteroatoms. The number of rotatable bonds is 2. The summed E-state index contributed by atoms with van der Waals surface area (Å²) < 4.78 is 15.5. The van der Waals surface area contributed by atoms with Gasteiger partial charge in [0, 0.05) is 5.56 Å². The van der Waals surface area contributed by atoms with Gasteiger partial charge in [-0.3, -0.25) is 0 Å². The molecule has 0 radical (unpaired) electrons. The monoisotopic (exact) mass is 289 g/mol. The SMILES string of the molecule is CC1CC(C)CC(n2nnnc2-c2ccc(N)c(F)c2)C1. The van der Waals surface area contributed by atoms with E-state index in [9.17, 15) is 4.39 Å². The van der Waals surface area contributed by atoms with Gasteiger partial charge in [-0.2, -0.15) is 0 Å². The van der Waals surface area contributed by atoms with Crippen LogP contribution in [-0.4, -0.2) is 20.2 Å². The predicted molar refractivity (Wildman–Crippen MR) is 78.8 cm³/mol. The lowest BCUT2D eigenvalue weighted by Crippen LogP contribution is -2.24. The van der Waals surface area contributed by atoms with Crippen molar-refractivity contribution in [3.8, 4) is 11.4 Å². The highest BCUT2D eigenvalue weighted by Gasteiger charge is 2.28. The van der Waals surface area contributed by atoms with Gasteiger partial charge >= 0.3 is 0 Å².